The molecule has 0 heterocycles. The van der Waals surface area contributed by atoms with E-state index < -0.39 is 24.1 Å². The Hall–Kier alpha value is -3.44. The Bertz CT molecular complexity index is 753. The van der Waals surface area contributed by atoms with Gasteiger partial charge in [-0.1, -0.05) is 24.3 Å². The fourth-order valence-corrected chi connectivity index (χ4v) is 2.25. The van der Waals surface area contributed by atoms with Crippen LogP contribution in [0.1, 0.15) is 23.3 Å². The first-order valence-corrected chi connectivity index (χ1v) is 9.70. The van der Waals surface area contributed by atoms with E-state index in [1.54, 1.807) is 48.5 Å². The Morgan fingerprint density at radius 2 is 1.03 bits per heavy atom. The number of hydrogen-bond acceptors (Lipinski definition) is 8. The molecule has 8 N–H and O–H groups in total. The van der Waals surface area contributed by atoms with E-state index >= 15 is 0 Å². The molecule has 2 aromatic carbocycles. The van der Waals surface area contributed by atoms with Crippen molar-refractivity contribution >= 4 is 11.9 Å². The SMILES string of the molecule is C[NH2+]C[C@@H](O)c1ccc(O)cc1.C[NH2+]C[C@H](O)c1ccc(O)cc1.O=C([O-])/C=C/C(=O)[O-]. The van der Waals surface area contributed by atoms with Crippen molar-refractivity contribution in [1.29, 1.82) is 0 Å². The molecule has 0 fully saturated rings. The molecular formula is C22H30N2O8. The maximum Gasteiger partial charge on any atom is 0.128 e. The Kier molecular flexibility index (Phi) is 14.5. The molecule has 0 aliphatic rings. The minimum Gasteiger partial charge on any atom is -0.545 e. The second-order valence-electron chi connectivity index (χ2n) is 6.47. The van der Waals surface area contributed by atoms with Crippen LogP contribution in [-0.2, 0) is 9.59 Å². The standard InChI is InChI=1S/2C9H13NO2.C4H4O4/c2*1-10-6-9(12)7-2-4-8(11)5-3-7;5-3(6)1-2-4(7)8/h2*2-5,9-12H,6H2,1H3;1-2H,(H,5,6)(H,7,8)/b;;2-1+/t2*9-;/m10./s1. The lowest BCUT2D eigenvalue weighted by Crippen LogP contribution is -2.80. The molecule has 176 valence electrons. The number of carboxylic acid groups (broad SMARTS) is 2. The number of carbonyl (C=O) groups excluding carboxylic acids is 2. The van der Waals surface area contributed by atoms with Gasteiger partial charge in [0, 0.05) is 0 Å². The molecule has 32 heavy (non-hydrogen) atoms. The Morgan fingerprint density at radius 3 is 1.25 bits per heavy atom. The van der Waals surface area contributed by atoms with Gasteiger partial charge in [-0.25, -0.2) is 0 Å². The number of quaternary nitrogens is 2. The molecule has 0 radical (unpaired) electrons. The van der Waals surface area contributed by atoms with Gasteiger partial charge in [0.25, 0.3) is 0 Å². The first kappa shape index (κ1) is 28.6. The molecule has 2 rings (SSSR count). The number of carbonyl (C=O) groups is 2. The van der Waals surface area contributed by atoms with Crippen LogP contribution < -0.4 is 20.8 Å². The number of carboxylic acids is 2. The van der Waals surface area contributed by atoms with Crippen LogP contribution in [-0.4, -0.2) is 59.5 Å². The van der Waals surface area contributed by atoms with Crippen molar-refractivity contribution in [2.24, 2.45) is 0 Å². The number of phenols is 2. The molecule has 0 spiro atoms. The van der Waals surface area contributed by atoms with Crippen molar-refractivity contribution in [1.82, 2.24) is 0 Å². The van der Waals surface area contributed by atoms with Crippen LogP contribution in [0.25, 0.3) is 0 Å². The van der Waals surface area contributed by atoms with Crippen LogP contribution in [0.15, 0.2) is 60.7 Å². The van der Waals surface area contributed by atoms with Crippen molar-refractivity contribution < 1.29 is 50.9 Å². The fraction of sp³-hybridized carbons (Fsp3) is 0.273. The lowest BCUT2D eigenvalue weighted by atomic mass is 10.1. The third kappa shape index (κ3) is 13.7. The number of hydrogen-bond donors (Lipinski definition) is 6. The normalized spacial score (nSPS) is 12.0. The van der Waals surface area contributed by atoms with Crippen LogP contribution in [0, 0.1) is 0 Å². The minimum absolute atomic E-state index is 0.228. The number of aromatic hydroxyl groups is 2. The molecule has 0 saturated carbocycles. The van der Waals surface area contributed by atoms with E-state index in [1.165, 1.54) is 0 Å². The minimum atomic E-state index is -1.55. The van der Waals surface area contributed by atoms with Gasteiger partial charge in [-0.15, -0.1) is 0 Å². The summed E-state index contributed by atoms with van der Waals surface area (Å²) in [5.41, 5.74) is 1.68. The molecule has 0 bridgehead atoms. The molecular weight excluding hydrogens is 420 g/mol. The quantitative estimate of drug-likeness (QED) is 0.221. The van der Waals surface area contributed by atoms with E-state index in [0.717, 1.165) is 11.1 Å². The summed E-state index contributed by atoms with van der Waals surface area (Å²) in [6.45, 7) is 1.29. The number of aliphatic carboxylic acids is 2. The zero-order chi connectivity index (χ0) is 24.5. The number of aliphatic hydroxyl groups excluding tert-OH is 2. The summed E-state index contributed by atoms with van der Waals surface area (Å²) < 4.78 is 0. The van der Waals surface area contributed by atoms with E-state index in [0.29, 0.717) is 25.2 Å². The summed E-state index contributed by atoms with van der Waals surface area (Å²) in [7, 11) is 3.81. The molecule has 0 aliphatic carbocycles. The molecule has 2 aromatic rings. The highest BCUT2D eigenvalue weighted by molar-refractivity contribution is 5.87. The maximum atomic E-state index is 9.50. The maximum absolute atomic E-state index is 9.50. The summed E-state index contributed by atoms with van der Waals surface area (Å²) in [5.74, 6) is -2.64. The van der Waals surface area contributed by atoms with E-state index in [-0.39, 0.29) is 11.5 Å². The van der Waals surface area contributed by atoms with E-state index in [9.17, 15) is 30.0 Å². The lowest BCUT2D eigenvalue weighted by Gasteiger charge is -2.07. The molecule has 0 unspecified atom stereocenters. The van der Waals surface area contributed by atoms with Crippen molar-refractivity contribution in [3.05, 3.63) is 71.8 Å². The van der Waals surface area contributed by atoms with E-state index in [2.05, 4.69) is 0 Å². The zero-order valence-corrected chi connectivity index (χ0v) is 17.9. The zero-order valence-electron chi connectivity index (χ0n) is 17.9. The number of benzene rings is 2. The molecule has 10 heteroatoms. The van der Waals surface area contributed by atoms with Gasteiger partial charge in [0.2, 0.25) is 0 Å². The third-order valence-corrected chi connectivity index (χ3v) is 3.83. The van der Waals surface area contributed by atoms with Crippen LogP contribution in [0.2, 0.25) is 0 Å². The number of likely N-dealkylation sites (N-methyl/N-ethyl adjacent to an activating group) is 2. The molecule has 0 saturated heterocycles. The molecule has 0 amide bonds. The van der Waals surface area contributed by atoms with E-state index in [1.807, 2.05) is 24.7 Å². The monoisotopic (exact) mass is 450 g/mol. The number of phenolic OH excluding ortho intramolecular Hbond substituents is 2. The van der Waals surface area contributed by atoms with Crippen LogP contribution in [0.3, 0.4) is 0 Å². The van der Waals surface area contributed by atoms with Gasteiger partial charge in [0.1, 0.15) is 36.8 Å². The van der Waals surface area contributed by atoms with Gasteiger partial charge in [-0.2, -0.15) is 0 Å². The van der Waals surface area contributed by atoms with E-state index in [4.69, 9.17) is 10.2 Å². The predicted molar refractivity (Wildman–Crippen MR) is 111 cm³/mol. The number of aliphatic hydroxyl groups is 2. The van der Waals surface area contributed by atoms with Gasteiger partial charge < -0.3 is 50.9 Å². The summed E-state index contributed by atoms with van der Waals surface area (Å²) in [6.07, 6.45) is -0.129. The number of rotatable bonds is 8. The van der Waals surface area contributed by atoms with Crippen molar-refractivity contribution in [2.45, 2.75) is 12.2 Å². The van der Waals surface area contributed by atoms with Gasteiger partial charge >= 0.3 is 0 Å². The highest BCUT2D eigenvalue weighted by Gasteiger charge is 2.07. The highest BCUT2D eigenvalue weighted by atomic mass is 16.4. The van der Waals surface area contributed by atoms with Crippen LogP contribution in [0.5, 0.6) is 11.5 Å². The first-order valence-electron chi connectivity index (χ1n) is 9.70. The Balaban J connectivity index is 0.000000462. The third-order valence-electron chi connectivity index (χ3n) is 3.83. The average Bonchev–Trinajstić information content (AvgIpc) is 2.74. The van der Waals surface area contributed by atoms with Gasteiger partial charge in [-0.05, 0) is 47.5 Å². The van der Waals surface area contributed by atoms with Crippen LogP contribution >= 0.6 is 0 Å². The van der Waals surface area contributed by atoms with Crippen LogP contribution in [0.4, 0.5) is 0 Å². The Labute approximate surface area is 186 Å². The average molecular weight is 450 g/mol. The topological polar surface area (TPSA) is 194 Å². The van der Waals surface area contributed by atoms with Crippen molar-refractivity contribution in [3.8, 4) is 11.5 Å². The Morgan fingerprint density at radius 1 is 0.750 bits per heavy atom. The van der Waals surface area contributed by atoms with Gasteiger partial charge in [-0.3, -0.25) is 0 Å². The van der Waals surface area contributed by atoms with Crippen molar-refractivity contribution in [2.75, 3.05) is 27.2 Å². The second-order valence-corrected chi connectivity index (χ2v) is 6.47. The van der Waals surface area contributed by atoms with Crippen molar-refractivity contribution in [3.63, 3.8) is 0 Å². The predicted octanol–water partition coefficient (Wildman–Crippen LogP) is -3.72. The molecule has 0 aliphatic heterocycles. The van der Waals surface area contributed by atoms with Gasteiger partial charge in [0.05, 0.1) is 26.0 Å². The highest BCUT2D eigenvalue weighted by Crippen LogP contribution is 2.15. The fourth-order valence-electron chi connectivity index (χ4n) is 2.25. The molecule has 0 aromatic heterocycles. The first-order chi connectivity index (χ1) is 15.1. The lowest BCUT2D eigenvalue weighted by molar-refractivity contribution is -0.634. The largest absolute Gasteiger partial charge is 0.545 e. The van der Waals surface area contributed by atoms with Gasteiger partial charge in [0.15, 0.2) is 0 Å². The molecule has 2 atom stereocenters. The summed E-state index contributed by atoms with van der Waals surface area (Å²) in [5, 5.41) is 59.6. The summed E-state index contributed by atoms with van der Waals surface area (Å²) in [4.78, 5) is 18.8. The molecule has 10 nitrogen and oxygen atoms in total. The number of nitrogens with two attached hydrogens (primary N) is 2. The second kappa shape index (κ2) is 16.3. The summed E-state index contributed by atoms with van der Waals surface area (Å²) in [6, 6.07) is 13.2. The summed E-state index contributed by atoms with van der Waals surface area (Å²) >= 11 is 0. The smallest absolute Gasteiger partial charge is 0.128 e.